The lowest BCUT2D eigenvalue weighted by molar-refractivity contribution is -0.145. The molecule has 0 saturated heterocycles. The standard InChI is InChI=1S/C16H31NO3/c1-5-11-17-16(4,14(18)19)10-12-20-13-6-8-15(2,3)9-7-13/h13,17H,5-12H2,1-4H3,(H,18,19). The van der Waals surface area contributed by atoms with Gasteiger partial charge in [0.15, 0.2) is 0 Å². The molecule has 1 fully saturated rings. The fourth-order valence-electron chi connectivity index (χ4n) is 2.64. The topological polar surface area (TPSA) is 58.6 Å². The molecule has 1 unspecified atom stereocenters. The van der Waals surface area contributed by atoms with E-state index >= 15 is 0 Å². The number of nitrogens with one attached hydrogen (secondary N) is 1. The van der Waals surface area contributed by atoms with Crippen LogP contribution in [-0.2, 0) is 9.53 Å². The smallest absolute Gasteiger partial charge is 0.323 e. The van der Waals surface area contributed by atoms with Crippen molar-refractivity contribution in [1.29, 1.82) is 0 Å². The molecule has 0 amide bonds. The second-order valence-corrected chi connectivity index (χ2v) is 7.05. The van der Waals surface area contributed by atoms with Crippen molar-refractivity contribution in [3.05, 3.63) is 0 Å². The summed E-state index contributed by atoms with van der Waals surface area (Å²) in [5, 5.41) is 12.5. The lowest BCUT2D eigenvalue weighted by Crippen LogP contribution is -2.50. The molecule has 1 aliphatic rings. The van der Waals surface area contributed by atoms with Crippen LogP contribution in [0.2, 0.25) is 0 Å². The van der Waals surface area contributed by atoms with Crippen molar-refractivity contribution >= 4 is 5.97 Å². The lowest BCUT2D eigenvalue weighted by atomic mass is 9.76. The number of carboxylic acid groups (broad SMARTS) is 1. The second-order valence-electron chi connectivity index (χ2n) is 7.05. The molecule has 0 bridgehead atoms. The van der Waals surface area contributed by atoms with Gasteiger partial charge in [0.1, 0.15) is 5.54 Å². The molecule has 2 N–H and O–H groups in total. The quantitative estimate of drug-likeness (QED) is 0.719. The lowest BCUT2D eigenvalue weighted by Gasteiger charge is -2.34. The van der Waals surface area contributed by atoms with E-state index in [9.17, 15) is 9.90 Å². The van der Waals surface area contributed by atoms with Crippen molar-refractivity contribution in [3.8, 4) is 0 Å². The van der Waals surface area contributed by atoms with E-state index in [2.05, 4.69) is 19.2 Å². The highest BCUT2D eigenvalue weighted by molar-refractivity contribution is 5.78. The first-order valence-electron chi connectivity index (χ1n) is 7.89. The minimum Gasteiger partial charge on any atom is -0.480 e. The van der Waals surface area contributed by atoms with Gasteiger partial charge in [-0.1, -0.05) is 20.8 Å². The van der Waals surface area contributed by atoms with Crippen LogP contribution in [-0.4, -0.2) is 35.9 Å². The van der Waals surface area contributed by atoms with E-state index < -0.39 is 11.5 Å². The number of rotatable bonds is 8. The van der Waals surface area contributed by atoms with Crippen molar-refractivity contribution < 1.29 is 14.6 Å². The van der Waals surface area contributed by atoms with Crippen LogP contribution in [0.5, 0.6) is 0 Å². The van der Waals surface area contributed by atoms with Crippen LogP contribution in [0, 0.1) is 5.41 Å². The number of carbonyl (C=O) groups is 1. The van der Waals surface area contributed by atoms with E-state index in [1.165, 1.54) is 12.8 Å². The third-order valence-electron chi connectivity index (χ3n) is 4.48. The Morgan fingerprint density at radius 2 is 2.00 bits per heavy atom. The highest BCUT2D eigenvalue weighted by Gasteiger charge is 2.33. The maximum Gasteiger partial charge on any atom is 0.323 e. The summed E-state index contributed by atoms with van der Waals surface area (Å²) in [6.07, 6.45) is 6.35. The van der Waals surface area contributed by atoms with Gasteiger partial charge in [-0.3, -0.25) is 4.79 Å². The Hall–Kier alpha value is -0.610. The third-order valence-corrected chi connectivity index (χ3v) is 4.48. The van der Waals surface area contributed by atoms with E-state index in [0.717, 1.165) is 25.8 Å². The van der Waals surface area contributed by atoms with Gasteiger partial charge >= 0.3 is 5.97 Å². The molecule has 1 rings (SSSR count). The van der Waals surface area contributed by atoms with Gasteiger partial charge in [-0.2, -0.15) is 0 Å². The first-order chi connectivity index (χ1) is 9.29. The van der Waals surface area contributed by atoms with Crippen LogP contribution in [0.4, 0.5) is 0 Å². The number of hydrogen-bond acceptors (Lipinski definition) is 3. The Kier molecular flexibility index (Phi) is 6.46. The Labute approximate surface area is 123 Å². The molecule has 0 aromatic rings. The van der Waals surface area contributed by atoms with Gasteiger partial charge in [-0.25, -0.2) is 0 Å². The maximum atomic E-state index is 11.4. The molecule has 0 heterocycles. The molecular weight excluding hydrogens is 254 g/mol. The molecule has 1 atom stereocenters. The van der Waals surface area contributed by atoms with Crippen molar-refractivity contribution in [2.24, 2.45) is 5.41 Å². The number of carboxylic acids is 1. The van der Waals surface area contributed by atoms with E-state index in [1.807, 2.05) is 6.92 Å². The molecule has 118 valence electrons. The highest BCUT2D eigenvalue weighted by Crippen LogP contribution is 2.36. The van der Waals surface area contributed by atoms with Gasteiger partial charge in [0.2, 0.25) is 0 Å². The summed E-state index contributed by atoms with van der Waals surface area (Å²) in [6.45, 7) is 9.64. The molecule has 0 spiro atoms. The van der Waals surface area contributed by atoms with E-state index in [4.69, 9.17) is 4.74 Å². The van der Waals surface area contributed by atoms with Crippen LogP contribution in [0.25, 0.3) is 0 Å². The molecule has 1 saturated carbocycles. The monoisotopic (exact) mass is 285 g/mol. The Morgan fingerprint density at radius 1 is 1.40 bits per heavy atom. The molecule has 0 aromatic carbocycles. The second kappa shape index (κ2) is 7.41. The normalized spacial score (nSPS) is 22.4. The van der Waals surface area contributed by atoms with Gasteiger partial charge in [0.25, 0.3) is 0 Å². The molecular formula is C16H31NO3. The maximum absolute atomic E-state index is 11.4. The Balaban J connectivity index is 2.32. The summed E-state index contributed by atoms with van der Waals surface area (Å²) >= 11 is 0. The minimum atomic E-state index is -0.871. The number of aliphatic carboxylic acids is 1. The van der Waals surface area contributed by atoms with Crippen molar-refractivity contribution in [2.45, 2.75) is 77.9 Å². The molecule has 1 aliphatic carbocycles. The number of hydrogen-bond donors (Lipinski definition) is 2. The zero-order chi connectivity index (χ0) is 15.2. The van der Waals surface area contributed by atoms with Crippen molar-refractivity contribution in [2.75, 3.05) is 13.2 Å². The van der Waals surface area contributed by atoms with Gasteiger partial charge in [0, 0.05) is 6.61 Å². The summed E-state index contributed by atoms with van der Waals surface area (Å²) < 4.78 is 5.90. The average molecular weight is 285 g/mol. The molecule has 0 radical (unpaired) electrons. The van der Waals surface area contributed by atoms with Crippen LogP contribution < -0.4 is 5.32 Å². The Morgan fingerprint density at radius 3 is 2.50 bits per heavy atom. The largest absolute Gasteiger partial charge is 0.480 e. The fraction of sp³-hybridized carbons (Fsp3) is 0.938. The zero-order valence-electron chi connectivity index (χ0n) is 13.5. The summed E-state index contributed by atoms with van der Waals surface area (Å²) in [4.78, 5) is 11.4. The van der Waals surface area contributed by atoms with Crippen molar-refractivity contribution in [3.63, 3.8) is 0 Å². The molecule has 0 aliphatic heterocycles. The van der Waals surface area contributed by atoms with Gasteiger partial charge in [-0.05, 0) is 57.4 Å². The summed E-state index contributed by atoms with van der Waals surface area (Å²) in [5.74, 6) is -0.792. The van der Waals surface area contributed by atoms with Crippen molar-refractivity contribution in [1.82, 2.24) is 5.32 Å². The first-order valence-corrected chi connectivity index (χ1v) is 7.89. The summed E-state index contributed by atoms with van der Waals surface area (Å²) in [7, 11) is 0. The summed E-state index contributed by atoms with van der Waals surface area (Å²) in [5.41, 5.74) is -0.429. The third kappa shape index (κ3) is 5.41. The van der Waals surface area contributed by atoms with E-state index in [1.54, 1.807) is 6.92 Å². The predicted molar refractivity (Wildman–Crippen MR) is 80.9 cm³/mol. The van der Waals surface area contributed by atoms with E-state index in [0.29, 0.717) is 24.5 Å². The van der Waals surface area contributed by atoms with Gasteiger partial charge < -0.3 is 15.2 Å². The first kappa shape index (κ1) is 17.4. The van der Waals surface area contributed by atoms with Crippen LogP contribution in [0.1, 0.15) is 66.2 Å². The molecule has 0 aromatic heterocycles. The fourth-order valence-corrected chi connectivity index (χ4v) is 2.64. The molecule has 20 heavy (non-hydrogen) atoms. The van der Waals surface area contributed by atoms with Crippen LogP contribution in [0.15, 0.2) is 0 Å². The van der Waals surface area contributed by atoms with E-state index in [-0.39, 0.29) is 0 Å². The minimum absolute atomic E-state index is 0.312. The summed E-state index contributed by atoms with van der Waals surface area (Å²) in [6, 6.07) is 0. The van der Waals surface area contributed by atoms with Crippen LogP contribution in [0.3, 0.4) is 0 Å². The van der Waals surface area contributed by atoms with Gasteiger partial charge in [0.05, 0.1) is 6.10 Å². The Bertz CT molecular complexity index is 307. The van der Waals surface area contributed by atoms with Crippen LogP contribution >= 0.6 is 0 Å². The predicted octanol–water partition coefficient (Wildman–Crippen LogP) is 3.20. The number of ether oxygens (including phenoxy) is 1. The highest BCUT2D eigenvalue weighted by atomic mass is 16.5. The molecule has 4 heteroatoms. The van der Waals surface area contributed by atoms with Gasteiger partial charge in [-0.15, -0.1) is 0 Å². The SMILES string of the molecule is CCCNC(C)(CCOC1CCC(C)(C)CC1)C(=O)O. The zero-order valence-corrected chi connectivity index (χ0v) is 13.5. The average Bonchev–Trinajstić information content (AvgIpc) is 2.38. The molecule has 4 nitrogen and oxygen atoms in total.